The number of likely N-dealkylation sites (tertiary alicyclic amines) is 1. The van der Waals surface area contributed by atoms with Gasteiger partial charge in [-0.3, -0.25) is 9.89 Å². The second-order valence-electron chi connectivity index (χ2n) is 3.75. The van der Waals surface area contributed by atoms with Crippen molar-refractivity contribution >= 4 is 5.91 Å². The molecular weight excluding hydrogens is 196 g/mol. The van der Waals surface area contributed by atoms with E-state index in [1.807, 2.05) is 0 Å². The number of carbonyl (C=O) groups is 1. The summed E-state index contributed by atoms with van der Waals surface area (Å²) in [6.07, 6.45) is 1.00. The number of aliphatic hydroxyl groups excluding tert-OH is 1. The lowest BCUT2D eigenvalue weighted by Gasteiger charge is -2.28. The topological polar surface area (TPSA) is 82.1 Å². The predicted octanol–water partition coefficient (Wildman–Crippen LogP) is -0.290. The van der Waals surface area contributed by atoms with Gasteiger partial charge in [0, 0.05) is 13.1 Å². The van der Waals surface area contributed by atoms with Crippen LogP contribution >= 0.6 is 0 Å². The quantitative estimate of drug-likeness (QED) is 0.667. The summed E-state index contributed by atoms with van der Waals surface area (Å²) in [5.41, 5.74) is 0. The molecule has 2 heterocycles. The van der Waals surface area contributed by atoms with Crippen LogP contribution in [-0.2, 0) is 0 Å². The Morgan fingerprint density at radius 1 is 1.53 bits per heavy atom. The van der Waals surface area contributed by atoms with E-state index in [-0.39, 0.29) is 17.8 Å². The van der Waals surface area contributed by atoms with Gasteiger partial charge >= 0.3 is 0 Å². The van der Waals surface area contributed by atoms with Gasteiger partial charge in [0.05, 0.1) is 6.10 Å². The van der Waals surface area contributed by atoms with Crippen molar-refractivity contribution in [3.63, 3.8) is 0 Å². The number of aliphatic hydroxyl groups is 1. The number of aryl methyl sites for hydroxylation is 1. The highest BCUT2D eigenvalue weighted by Gasteiger charge is 2.24. The molecule has 1 fully saturated rings. The summed E-state index contributed by atoms with van der Waals surface area (Å²) in [4.78, 5) is 17.5. The van der Waals surface area contributed by atoms with Gasteiger partial charge in [0.15, 0.2) is 0 Å². The number of nitrogens with zero attached hydrogens (tertiary/aromatic N) is 3. The summed E-state index contributed by atoms with van der Waals surface area (Å²) in [7, 11) is 0. The molecule has 0 bridgehead atoms. The summed E-state index contributed by atoms with van der Waals surface area (Å²) in [5.74, 6) is 0.710. The predicted molar refractivity (Wildman–Crippen MR) is 52.3 cm³/mol. The Hall–Kier alpha value is -1.43. The maximum Gasteiger partial charge on any atom is 0.291 e. The van der Waals surface area contributed by atoms with Crippen LogP contribution in [0, 0.1) is 6.92 Å². The number of hydrogen-bond donors (Lipinski definition) is 2. The monoisotopic (exact) mass is 210 g/mol. The standard InChI is InChI=1S/C9H14N4O2/c1-6-10-8(12-11-6)9(15)13-4-2-7(14)3-5-13/h7,14H,2-5H2,1H3,(H,10,11,12). The van der Waals surface area contributed by atoms with Crippen LogP contribution in [-0.4, -0.2) is 50.3 Å². The van der Waals surface area contributed by atoms with Gasteiger partial charge in [-0.25, -0.2) is 4.98 Å². The third-order valence-electron chi connectivity index (χ3n) is 2.55. The molecule has 15 heavy (non-hydrogen) atoms. The highest BCUT2D eigenvalue weighted by molar-refractivity contribution is 5.90. The SMILES string of the molecule is Cc1n[nH]c(C(=O)N2CCC(O)CC2)n1. The van der Waals surface area contributed by atoms with Crippen molar-refractivity contribution in [1.29, 1.82) is 0 Å². The van der Waals surface area contributed by atoms with Crippen molar-refractivity contribution in [2.45, 2.75) is 25.9 Å². The lowest BCUT2D eigenvalue weighted by atomic mass is 10.1. The van der Waals surface area contributed by atoms with Gasteiger partial charge in [-0.15, -0.1) is 0 Å². The van der Waals surface area contributed by atoms with E-state index in [0.29, 0.717) is 31.8 Å². The van der Waals surface area contributed by atoms with E-state index in [4.69, 9.17) is 0 Å². The minimum absolute atomic E-state index is 0.137. The molecule has 2 rings (SSSR count). The molecule has 1 aromatic rings. The Morgan fingerprint density at radius 3 is 2.73 bits per heavy atom. The first-order valence-corrected chi connectivity index (χ1v) is 5.03. The lowest BCUT2D eigenvalue weighted by molar-refractivity contribution is 0.0536. The number of carbonyl (C=O) groups excluding carboxylic acids is 1. The number of rotatable bonds is 1. The molecule has 0 atom stereocenters. The van der Waals surface area contributed by atoms with Crippen molar-refractivity contribution in [3.05, 3.63) is 11.6 Å². The number of nitrogens with one attached hydrogen (secondary N) is 1. The van der Waals surface area contributed by atoms with E-state index in [2.05, 4.69) is 15.2 Å². The first-order valence-electron chi connectivity index (χ1n) is 5.03. The fourth-order valence-electron chi connectivity index (χ4n) is 1.66. The van der Waals surface area contributed by atoms with Crippen molar-refractivity contribution in [2.24, 2.45) is 0 Å². The molecular formula is C9H14N4O2. The second-order valence-corrected chi connectivity index (χ2v) is 3.75. The van der Waals surface area contributed by atoms with Crippen LogP contribution in [0.4, 0.5) is 0 Å². The third-order valence-corrected chi connectivity index (χ3v) is 2.55. The number of piperidine rings is 1. The van der Waals surface area contributed by atoms with E-state index in [1.165, 1.54) is 0 Å². The number of hydrogen-bond acceptors (Lipinski definition) is 4. The molecule has 2 N–H and O–H groups in total. The van der Waals surface area contributed by atoms with Gasteiger partial charge in [0.25, 0.3) is 5.91 Å². The molecule has 6 heteroatoms. The molecule has 1 aliphatic rings. The summed E-state index contributed by atoms with van der Waals surface area (Å²) in [6, 6.07) is 0. The van der Waals surface area contributed by atoms with Crippen LogP contribution in [0.5, 0.6) is 0 Å². The average molecular weight is 210 g/mol. The number of aromatic amines is 1. The molecule has 6 nitrogen and oxygen atoms in total. The molecule has 0 aromatic carbocycles. The molecule has 0 radical (unpaired) electrons. The zero-order chi connectivity index (χ0) is 10.8. The van der Waals surface area contributed by atoms with Crippen LogP contribution in [0.1, 0.15) is 29.3 Å². The van der Waals surface area contributed by atoms with Crippen LogP contribution in [0.15, 0.2) is 0 Å². The maximum absolute atomic E-state index is 11.8. The van der Waals surface area contributed by atoms with E-state index in [9.17, 15) is 9.90 Å². The molecule has 0 saturated carbocycles. The molecule has 1 amide bonds. The molecule has 0 spiro atoms. The minimum Gasteiger partial charge on any atom is -0.393 e. The summed E-state index contributed by atoms with van der Waals surface area (Å²) in [5, 5.41) is 15.7. The van der Waals surface area contributed by atoms with Crippen molar-refractivity contribution < 1.29 is 9.90 Å². The van der Waals surface area contributed by atoms with Gasteiger partial charge < -0.3 is 10.0 Å². The van der Waals surface area contributed by atoms with Gasteiger partial charge in [-0.05, 0) is 19.8 Å². The first kappa shape index (κ1) is 10.1. The Labute approximate surface area is 87.3 Å². The Kier molecular flexibility index (Phi) is 2.68. The fraction of sp³-hybridized carbons (Fsp3) is 0.667. The van der Waals surface area contributed by atoms with Crippen molar-refractivity contribution in [3.8, 4) is 0 Å². The number of aromatic nitrogens is 3. The number of amides is 1. The van der Waals surface area contributed by atoms with Crippen LogP contribution in [0.25, 0.3) is 0 Å². The minimum atomic E-state index is -0.273. The van der Waals surface area contributed by atoms with E-state index >= 15 is 0 Å². The van der Waals surface area contributed by atoms with E-state index in [0.717, 1.165) is 0 Å². The highest BCUT2D eigenvalue weighted by Crippen LogP contribution is 2.11. The van der Waals surface area contributed by atoms with Crippen molar-refractivity contribution in [1.82, 2.24) is 20.1 Å². The molecule has 82 valence electrons. The Bertz CT molecular complexity index is 355. The molecule has 1 aliphatic heterocycles. The molecule has 0 aliphatic carbocycles. The Balaban J connectivity index is 2.02. The molecule has 0 unspecified atom stereocenters. The van der Waals surface area contributed by atoms with Crippen LogP contribution in [0.3, 0.4) is 0 Å². The molecule has 1 saturated heterocycles. The summed E-state index contributed by atoms with van der Waals surface area (Å²) >= 11 is 0. The van der Waals surface area contributed by atoms with Gasteiger partial charge in [0.1, 0.15) is 5.82 Å². The Morgan fingerprint density at radius 2 is 2.20 bits per heavy atom. The van der Waals surface area contributed by atoms with E-state index < -0.39 is 0 Å². The lowest BCUT2D eigenvalue weighted by Crippen LogP contribution is -2.40. The highest BCUT2D eigenvalue weighted by atomic mass is 16.3. The van der Waals surface area contributed by atoms with E-state index in [1.54, 1.807) is 11.8 Å². The third kappa shape index (κ3) is 2.15. The van der Waals surface area contributed by atoms with Crippen LogP contribution < -0.4 is 0 Å². The first-order chi connectivity index (χ1) is 7.16. The average Bonchev–Trinajstić information content (AvgIpc) is 2.65. The van der Waals surface area contributed by atoms with Crippen LogP contribution in [0.2, 0.25) is 0 Å². The zero-order valence-electron chi connectivity index (χ0n) is 8.60. The van der Waals surface area contributed by atoms with Gasteiger partial charge in [-0.2, -0.15) is 5.10 Å². The maximum atomic E-state index is 11.8. The summed E-state index contributed by atoms with van der Waals surface area (Å²) in [6.45, 7) is 2.90. The summed E-state index contributed by atoms with van der Waals surface area (Å²) < 4.78 is 0. The normalized spacial score (nSPS) is 18.1. The fourth-order valence-corrected chi connectivity index (χ4v) is 1.66. The van der Waals surface area contributed by atoms with Gasteiger partial charge in [-0.1, -0.05) is 0 Å². The second kappa shape index (κ2) is 3.98. The number of H-pyrrole nitrogens is 1. The van der Waals surface area contributed by atoms with Gasteiger partial charge in [0.2, 0.25) is 5.82 Å². The molecule has 1 aromatic heterocycles. The zero-order valence-corrected chi connectivity index (χ0v) is 8.60. The van der Waals surface area contributed by atoms with Crippen molar-refractivity contribution in [2.75, 3.05) is 13.1 Å². The smallest absolute Gasteiger partial charge is 0.291 e. The largest absolute Gasteiger partial charge is 0.393 e.